The van der Waals surface area contributed by atoms with Crippen LogP contribution in [0.25, 0.3) is 0 Å². The fourth-order valence-corrected chi connectivity index (χ4v) is 2.14. The van der Waals surface area contributed by atoms with E-state index >= 15 is 0 Å². The Morgan fingerprint density at radius 3 is 2.48 bits per heavy atom. The standard InChI is InChI=1S/C17H18N2O2/c1-21-17-6-5-14(8-16(17)9-18)11-19-10-13-3-2-4-15(7-13)12-20/h2-8,19-20H,10-12H2,1H3. The summed E-state index contributed by atoms with van der Waals surface area (Å²) in [5.41, 5.74) is 3.60. The average Bonchev–Trinajstić information content (AvgIpc) is 2.55. The molecule has 4 nitrogen and oxygen atoms in total. The number of methoxy groups -OCH3 is 1. The first-order valence-corrected chi connectivity index (χ1v) is 6.73. The molecule has 0 fully saturated rings. The molecule has 0 unspecified atom stereocenters. The number of aliphatic hydroxyl groups is 1. The van der Waals surface area contributed by atoms with E-state index in [1.165, 1.54) is 0 Å². The van der Waals surface area contributed by atoms with Crippen molar-refractivity contribution in [3.8, 4) is 11.8 Å². The van der Waals surface area contributed by atoms with Crippen molar-refractivity contribution in [3.05, 3.63) is 64.7 Å². The maximum absolute atomic E-state index is 9.11. The van der Waals surface area contributed by atoms with Gasteiger partial charge in [0.2, 0.25) is 0 Å². The first kappa shape index (κ1) is 15.0. The van der Waals surface area contributed by atoms with Crippen molar-refractivity contribution in [2.75, 3.05) is 7.11 Å². The number of rotatable bonds is 6. The van der Waals surface area contributed by atoms with Crippen LogP contribution in [0.1, 0.15) is 22.3 Å². The summed E-state index contributed by atoms with van der Waals surface area (Å²) in [6.07, 6.45) is 0. The van der Waals surface area contributed by atoms with Crippen molar-refractivity contribution in [1.82, 2.24) is 5.32 Å². The van der Waals surface area contributed by atoms with Crippen LogP contribution in [0.15, 0.2) is 42.5 Å². The molecule has 0 aliphatic rings. The van der Waals surface area contributed by atoms with E-state index in [0.717, 1.165) is 16.7 Å². The second-order valence-electron chi connectivity index (χ2n) is 4.73. The Balaban J connectivity index is 1.95. The Morgan fingerprint density at radius 1 is 1.10 bits per heavy atom. The summed E-state index contributed by atoms with van der Waals surface area (Å²) in [4.78, 5) is 0. The summed E-state index contributed by atoms with van der Waals surface area (Å²) < 4.78 is 5.12. The lowest BCUT2D eigenvalue weighted by atomic mass is 10.1. The molecule has 0 spiro atoms. The van der Waals surface area contributed by atoms with Gasteiger partial charge in [-0.05, 0) is 28.8 Å². The van der Waals surface area contributed by atoms with Crippen LogP contribution in [0.4, 0.5) is 0 Å². The van der Waals surface area contributed by atoms with E-state index in [-0.39, 0.29) is 6.61 Å². The normalized spacial score (nSPS) is 10.1. The molecule has 0 aliphatic heterocycles. The Labute approximate surface area is 124 Å². The number of aliphatic hydroxyl groups excluding tert-OH is 1. The molecule has 0 aliphatic carbocycles. The lowest BCUT2D eigenvalue weighted by Crippen LogP contribution is -2.13. The van der Waals surface area contributed by atoms with E-state index in [0.29, 0.717) is 24.4 Å². The van der Waals surface area contributed by atoms with Gasteiger partial charge >= 0.3 is 0 Å². The number of nitrogens with one attached hydrogen (secondary N) is 1. The molecule has 0 radical (unpaired) electrons. The Hall–Kier alpha value is -2.35. The highest BCUT2D eigenvalue weighted by Crippen LogP contribution is 2.18. The highest BCUT2D eigenvalue weighted by atomic mass is 16.5. The van der Waals surface area contributed by atoms with Gasteiger partial charge in [-0.25, -0.2) is 0 Å². The third-order valence-electron chi connectivity index (χ3n) is 3.22. The molecule has 0 bridgehead atoms. The van der Waals surface area contributed by atoms with Crippen LogP contribution in [0.5, 0.6) is 5.75 Å². The summed E-state index contributed by atoms with van der Waals surface area (Å²) in [6.45, 7) is 1.43. The van der Waals surface area contributed by atoms with Crippen molar-refractivity contribution >= 4 is 0 Å². The number of ether oxygens (including phenoxy) is 1. The fraction of sp³-hybridized carbons (Fsp3) is 0.235. The minimum absolute atomic E-state index is 0.0534. The van der Waals surface area contributed by atoms with E-state index in [2.05, 4.69) is 11.4 Å². The minimum atomic E-state index is 0.0534. The SMILES string of the molecule is COc1ccc(CNCc2cccc(CO)c2)cc1C#N. The molecule has 4 heteroatoms. The van der Waals surface area contributed by atoms with Gasteiger partial charge in [0.1, 0.15) is 11.8 Å². The first-order chi connectivity index (χ1) is 10.3. The lowest BCUT2D eigenvalue weighted by Gasteiger charge is -2.08. The molecule has 0 saturated carbocycles. The molecule has 108 valence electrons. The van der Waals surface area contributed by atoms with Crippen molar-refractivity contribution in [1.29, 1.82) is 5.26 Å². The molecular formula is C17H18N2O2. The van der Waals surface area contributed by atoms with Crippen LogP contribution < -0.4 is 10.1 Å². The van der Waals surface area contributed by atoms with Gasteiger partial charge in [0, 0.05) is 13.1 Å². The number of hydrogen-bond acceptors (Lipinski definition) is 4. The molecule has 0 saturated heterocycles. The predicted octanol–water partition coefficient (Wildman–Crippen LogP) is 2.35. The van der Waals surface area contributed by atoms with Crippen molar-refractivity contribution in [2.24, 2.45) is 0 Å². The lowest BCUT2D eigenvalue weighted by molar-refractivity contribution is 0.281. The van der Waals surface area contributed by atoms with Gasteiger partial charge in [-0.1, -0.05) is 30.3 Å². The summed E-state index contributed by atoms with van der Waals surface area (Å²) >= 11 is 0. The van der Waals surface area contributed by atoms with E-state index in [1.807, 2.05) is 42.5 Å². The predicted molar refractivity (Wildman–Crippen MR) is 80.6 cm³/mol. The minimum Gasteiger partial charge on any atom is -0.495 e. The fourth-order valence-electron chi connectivity index (χ4n) is 2.14. The largest absolute Gasteiger partial charge is 0.495 e. The molecule has 21 heavy (non-hydrogen) atoms. The zero-order valence-corrected chi connectivity index (χ0v) is 12.0. The monoisotopic (exact) mass is 282 g/mol. The third kappa shape index (κ3) is 4.06. The summed E-state index contributed by atoms with van der Waals surface area (Å²) in [5, 5.41) is 21.5. The number of hydrogen-bond donors (Lipinski definition) is 2. The van der Waals surface area contributed by atoms with Crippen LogP contribution in [-0.4, -0.2) is 12.2 Å². The molecule has 0 amide bonds. The Morgan fingerprint density at radius 2 is 1.81 bits per heavy atom. The van der Waals surface area contributed by atoms with Crippen molar-refractivity contribution in [3.63, 3.8) is 0 Å². The molecule has 0 heterocycles. The molecule has 0 aromatic heterocycles. The van der Waals surface area contributed by atoms with Gasteiger partial charge in [-0.15, -0.1) is 0 Å². The van der Waals surface area contributed by atoms with E-state index in [9.17, 15) is 0 Å². The number of nitriles is 1. The molecule has 2 N–H and O–H groups in total. The van der Waals surface area contributed by atoms with Gasteiger partial charge in [0.25, 0.3) is 0 Å². The highest BCUT2D eigenvalue weighted by Gasteiger charge is 2.03. The van der Waals surface area contributed by atoms with Gasteiger partial charge < -0.3 is 15.2 Å². The summed E-state index contributed by atoms with van der Waals surface area (Å²) in [7, 11) is 1.56. The third-order valence-corrected chi connectivity index (χ3v) is 3.22. The molecule has 2 aromatic rings. The molecule has 2 aromatic carbocycles. The topological polar surface area (TPSA) is 65.3 Å². The summed E-state index contributed by atoms with van der Waals surface area (Å²) in [5.74, 6) is 0.594. The van der Waals surface area contributed by atoms with Crippen LogP contribution in [0.3, 0.4) is 0 Å². The highest BCUT2D eigenvalue weighted by molar-refractivity contribution is 5.45. The van der Waals surface area contributed by atoms with Gasteiger partial charge in [-0.3, -0.25) is 0 Å². The number of nitrogens with zero attached hydrogens (tertiary/aromatic N) is 1. The summed E-state index contributed by atoms with van der Waals surface area (Å²) in [6, 6.07) is 15.5. The van der Waals surface area contributed by atoms with Crippen molar-refractivity contribution < 1.29 is 9.84 Å². The first-order valence-electron chi connectivity index (χ1n) is 6.73. The number of benzene rings is 2. The van der Waals surface area contributed by atoms with Crippen molar-refractivity contribution in [2.45, 2.75) is 19.7 Å². The van der Waals surface area contributed by atoms with Crippen LogP contribution >= 0.6 is 0 Å². The van der Waals surface area contributed by atoms with Gasteiger partial charge in [0.05, 0.1) is 19.3 Å². The quantitative estimate of drug-likeness (QED) is 0.853. The maximum atomic E-state index is 9.11. The Bertz CT molecular complexity index is 647. The second-order valence-corrected chi connectivity index (χ2v) is 4.73. The zero-order valence-electron chi connectivity index (χ0n) is 12.0. The van der Waals surface area contributed by atoms with Gasteiger partial charge in [-0.2, -0.15) is 5.26 Å². The van der Waals surface area contributed by atoms with Crippen LogP contribution in [-0.2, 0) is 19.7 Å². The smallest absolute Gasteiger partial charge is 0.136 e. The molecule has 0 atom stereocenters. The van der Waals surface area contributed by atoms with E-state index in [1.54, 1.807) is 7.11 Å². The van der Waals surface area contributed by atoms with E-state index in [4.69, 9.17) is 15.1 Å². The van der Waals surface area contributed by atoms with E-state index < -0.39 is 0 Å². The molecule has 2 rings (SSSR count). The maximum Gasteiger partial charge on any atom is 0.136 e. The average molecular weight is 282 g/mol. The van der Waals surface area contributed by atoms with Crippen LogP contribution in [0, 0.1) is 11.3 Å². The zero-order chi connectivity index (χ0) is 15.1. The second kappa shape index (κ2) is 7.44. The Kier molecular flexibility index (Phi) is 5.33. The van der Waals surface area contributed by atoms with Crippen LogP contribution in [0.2, 0.25) is 0 Å². The molecular weight excluding hydrogens is 264 g/mol. The van der Waals surface area contributed by atoms with Gasteiger partial charge in [0.15, 0.2) is 0 Å².